The highest BCUT2D eigenvalue weighted by molar-refractivity contribution is 6.74. The molecule has 0 aliphatic heterocycles. The Bertz CT molecular complexity index is 610. The predicted octanol–water partition coefficient (Wildman–Crippen LogP) is 3.96. The van der Waals surface area contributed by atoms with Gasteiger partial charge >= 0.3 is 6.09 Å². The van der Waals surface area contributed by atoms with Crippen LogP contribution >= 0.6 is 11.6 Å². The number of carboxylic acid groups (broad SMARTS) is 1. The van der Waals surface area contributed by atoms with E-state index in [2.05, 4.69) is 31.1 Å². The number of aromatic nitrogens is 1. The summed E-state index contributed by atoms with van der Waals surface area (Å²) in [6.07, 6.45) is -0.549. The van der Waals surface area contributed by atoms with Crippen LogP contribution in [-0.2, 0) is 4.43 Å². The third kappa shape index (κ3) is 6.21. The highest BCUT2D eigenvalue weighted by Crippen LogP contribution is 2.38. The standard InChI is InChI=1S/C16H26ClFN2O4Si/c1-16(2,3)25(4,5)24-10(7-20-15(22)23)6-13(21)11-8-19-9-12(18)14(11)17/h8-10,13,20-21H,6-7H2,1-5H3,(H,22,23). The van der Waals surface area contributed by atoms with E-state index in [9.17, 15) is 14.3 Å². The summed E-state index contributed by atoms with van der Waals surface area (Å²) in [5, 5.41) is 21.3. The van der Waals surface area contributed by atoms with E-state index in [1.807, 2.05) is 13.1 Å². The molecule has 0 aliphatic carbocycles. The van der Waals surface area contributed by atoms with Crippen LogP contribution in [0.5, 0.6) is 0 Å². The van der Waals surface area contributed by atoms with Crippen LogP contribution < -0.4 is 5.32 Å². The topological polar surface area (TPSA) is 91.7 Å². The molecule has 1 heterocycles. The molecule has 0 bridgehead atoms. The van der Waals surface area contributed by atoms with Crippen molar-refractivity contribution in [2.45, 2.75) is 57.5 Å². The number of aliphatic hydroxyl groups is 1. The Morgan fingerprint density at radius 1 is 1.44 bits per heavy atom. The van der Waals surface area contributed by atoms with Gasteiger partial charge in [-0.3, -0.25) is 4.98 Å². The molecule has 142 valence electrons. The lowest BCUT2D eigenvalue weighted by Gasteiger charge is -2.39. The molecule has 25 heavy (non-hydrogen) atoms. The quantitative estimate of drug-likeness (QED) is 0.611. The van der Waals surface area contributed by atoms with Crippen molar-refractivity contribution in [3.05, 3.63) is 28.8 Å². The summed E-state index contributed by atoms with van der Waals surface area (Å²) in [4.78, 5) is 14.5. The Kier molecular flexibility index (Phi) is 7.37. The molecule has 0 spiro atoms. The van der Waals surface area contributed by atoms with E-state index in [1.54, 1.807) is 0 Å². The molecule has 1 rings (SSSR count). The van der Waals surface area contributed by atoms with Crippen LogP contribution in [0.3, 0.4) is 0 Å². The first kappa shape index (κ1) is 21.8. The van der Waals surface area contributed by atoms with E-state index in [-0.39, 0.29) is 28.6 Å². The minimum atomic E-state index is -2.20. The number of nitrogens with one attached hydrogen (secondary N) is 1. The van der Waals surface area contributed by atoms with Gasteiger partial charge in [-0.15, -0.1) is 0 Å². The average Bonchev–Trinajstić information content (AvgIpc) is 2.46. The fourth-order valence-corrected chi connectivity index (χ4v) is 3.60. The Labute approximate surface area is 153 Å². The molecule has 1 aromatic heterocycles. The van der Waals surface area contributed by atoms with E-state index in [0.717, 1.165) is 6.20 Å². The molecule has 0 aliphatic rings. The largest absolute Gasteiger partial charge is 0.465 e. The van der Waals surface area contributed by atoms with Crippen molar-refractivity contribution in [3.63, 3.8) is 0 Å². The van der Waals surface area contributed by atoms with Gasteiger partial charge in [0.15, 0.2) is 14.1 Å². The summed E-state index contributed by atoms with van der Waals surface area (Å²) in [6, 6.07) is 0. The molecule has 9 heteroatoms. The SMILES string of the molecule is CC(C)(C)[Si](C)(C)OC(CNC(=O)O)CC(O)c1cncc(F)c1Cl. The van der Waals surface area contributed by atoms with Crippen molar-refractivity contribution >= 4 is 26.0 Å². The van der Waals surface area contributed by atoms with Crippen molar-refractivity contribution < 1.29 is 23.8 Å². The lowest BCUT2D eigenvalue weighted by molar-refractivity contribution is 0.0845. The van der Waals surface area contributed by atoms with Gasteiger partial charge in [0.25, 0.3) is 0 Å². The van der Waals surface area contributed by atoms with Crippen molar-refractivity contribution in [1.82, 2.24) is 10.3 Å². The molecule has 2 unspecified atom stereocenters. The predicted molar refractivity (Wildman–Crippen MR) is 96.9 cm³/mol. The number of carbonyl (C=O) groups is 1. The summed E-state index contributed by atoms with van der Waals surface area (Å²) in [6.45, 7) is 10.3. The Morgan fingerprint density at radius 3 is 2.56 bits per heavy atom. The number of pyridine rings is 1. The average molecular weight is 393 g/mol. The highest BCUT2D eigenvalue weighted by Gasteiger charge is 2.39. The molecule has 2 atom stereocenters. The minimum Gasteiger partial charge on any atom is -0.465 e. The number of halogens is 2. The van der Waals surface area contributed by atoms with Crippen molar-refractivity contribution in [3.8, 4) is 0 Å². The molecule has 1 aromatic rings. The number of hydrogen-bond donors (Lipinski definition) is 3. The zero-order chi connectivity index (χ0) is 19.4. The monoisotopic (exact) mass is 392 g/mol. The molecule has 0 saturated carbocycles. The number of rotatable bonds is 7. The Balaban J connectivity index is 2.96. The molecule has 0 radical (unpaired) electrons. The van der Waals surface area contributed by atoms with E-state index in [0.29, 0.717) is 0 Å². The fraction of sp³-hybridized carbons (Fsp3) is 0.625. The molecular weight excluding hydrogens is 367 g/mol. The van der Waals surface area contributed by atoms with Gasteiger partial charge in [-0.1, -0.05) is 32.4 Å². The molecule has 6 nitrogen and oxygen atoms in total. The van der Waals surface area contributed by atoms with Crippen LogP contribution in [0.25, 0.3) is 0 Å². The second-order valence-corrected chi connectivity index (χ2v) is 12.6. The van der Waals surface area contributed by atoms with Crippen LogP contribution in [0.2, 0.25) is 23.2 Å². The second kappa shape index (κ2) is 8.44. The summed E-state index contributed by atoms with van der Waals surface area (Å²) in [5.74, 6) is -0.719. The van der Waals surface area contributed by atoms with E-state index in [1.165, 1.54) is 6.20 Å². The van der Waals surface area contributed by atoms with Crippen LogP contribution in [0.1, 0.15) is 38.9 Å². The maximum Gasteiger partial charge on any atom is 0.404 e. The lowest BCUT2D eigenvalue weighted by atomic mass is 10.1. The maximum absolute atomic E-state index is 13.5. The summed E-state index contributed by atoms with van der Waals surface area (Å²) >= 11 is 5.89. The van der Waals surface area contributed by atoms with Crippen molar-refractivity contribution in [1.29, 1.82) is 0 Å². The van der Waals surface area contributed by atoms with Crippen molar-refractivity contribution in [2.24, 2.45) is 0 Å². The van der Waals surface area contributed by atoms with Gasteiger partial charge in [0.1, 0.15) is 0 Å². The van der Waals surface area contributed by atoms with E-state index in [4.69, 9.17) is 21.1 Å². The van der Waals surface area contributed by atoms with E-state index < -0.39 is 32.4 Å². The molecule has 0 aromatic carbocycles. The first-order chi connectivity index (χ1) is 11.3. The van der Waals surface area contributed by atoms with Crippen LogP contribution in [0.4, 0.5) is 9.18 Å². The van der Waals surface area contributed by atoms with Crippen LogP contribution in [0, 0.1) is 5.82 Å². The third-order valence-corrected chi connectivity index (χ3v) is 9.39. The van der Waals surface area contributed by atoms with Gasteiger partial charge in [0.05, 0.1) is 23.4 Å². The van der Waals surface area contributed by atoms with Crippen molar-refractivity contribution in [2.75, 3.05) is 6.54 Å². The number of amides is 1. The van der Waals surface area contributed by atoms with Gasteiger partial charge in [-0.05, 0) is 18.1 Å². The lowest BCUT2D eigenvalue weighted by Crippen LogP contribution is -2.47. The first-order valence-electron chi connectivity index (χ1n) is 7.96. The summed E-state index contributed by atoms with van der Waals surface area (Å²) < 4.78 is 19.7. The number of nitrogens with zero attached hydrogens (tertiary/aromatic N) is 1. The Hall–Kier alpha value is -1.22. The normalized spacial score (nSPS) is 14.9. The zero-order valence-corrected chi connectivity index (χ0v) is 16.9. The smallest absolute Gasteiger partial charge is 0.404 e. The first-order valence-corrected chi connectivity index (χ1v) is 11.3. The zero-order valence-electron chi connectivity index (χ0n) is 15.1. The highest BCUT2D eigenvalue weighted by atomic mass is 35.5. The fourth-order valence-electron chi connectivity index (χ4n) is 2.01. The van der Waals surface area contributed by atoms with Crippen LogP contribution in [-0.4, -0.2) is 42.3 Å². The molecule has 3 N–H and O–H groups in total. The summed E-state index contributed by atoms with van der Waals surface area (Å²) in [7, 11) is -2.20. The second-order valence-electron chi connectivity index (χ2n) is 7.46. The third-order valence-electron chi connectivity index (χ3n) is 4.46. The maximum atomic E-state index is 13.5. The molecule has 0 fully saturated rings. The summed E-state index contributed by atoms with van der Waals surface area (Å²) in [5.41, 5.74) is 0.154. The number of hydrogen-bond acceptors (Lipinski definition) is 4. The van der Waals surface area contributed by atoms with Gasteiger partial charge in [-0.25, -0.2) is 9.18 Å². The van der Waals surface area contributed by atoms with Gasteiger partial charge < -0.3 is 20.0 Å². The van der Waals surface area contributed by atoms with E-state index >= 15 is 0 Å². The molecule has 1 amide bonds. The number of aliphatic hydroxyl groups excluding tert-OH is 1. The van der Waals surface area contributed by atoms with Gasteiger partial charge in [0, 0.05) is 24.7 Å². The van der Waals surface area contributed by atoms with Gasteiger partial charge in [0.2, 0.25) is 0 Å². The minimum absolute atomic E-state index is 0.0132. The van der Waals surface area contributed by atoms with Crippen LogP contribution in [0.15, 0.2) is 12.4 Å². The Morgan fingerprint density at radius 2 is 2.04 bits per heavy atom. The molecular formula is C16H26ClFN2O4Si. The molecule has 0 saturated heterocycles. The van der Waals surface area contributed by atoms with Gasteiger partial charge in [-0.2, -0.15) is 0 Å².